The highest BCUT2D eigenvalue weighted by Crippen LogP contribution is 1.88. The molecule has 2 unspecified atom stereocenters. The van der Waals surface area contributed by atoms with Crippen LogP contribution in [-0.2, 0) is 19.1 Å². The highest BCUT2D eigenvalue weighted by atomic mass is 16.5. The number of carboxylic acid groups (broad SMARTS) is 1. The van der Waals surface area contributed by atoms with Gasteiger partial charge in [0.1, 0.15) is 6.04 Å². The van der Waals surface area contributed by atoms with Crippen LogP contribution in [0.2, 0.25) is 0 Å². The molecule has 0 rings (SSSR count). The number of carboxylic acids is 1. The second-order valence-electron chi connectivity index (χ2n) is 3.92. The van der Waals surface area contributed by atoms with Gasteiger partial charge in [-0.3, -0.25) is 4.79 Å². The topological polar surface area (TPSA) is 126 Å². The molecule has 3 amide bonds. The Morgan fingerprint density at radius 1 is 1.20 bits per heavy atom. The zero-order valence-electron chi connectivity index (χ0n) is 11.8. The Morgan fingerprint density at radius 2 is 1.85 bits per heavy atom. The van der Waals surface area contributed by atoms with Gasteiger partial charge in [0.2, 0.25) is 5.91 Å². The van der Waals surface area contributed by atoms with Crippen LogP contribution in [0.15, 0.2) is 0 Å². The van der Waals surface area contributed by atoms with Crippen LogP contribution in [0.5, 0.6) is 0 Å². The number of methoxy groups -OCH3 is 2. The first-order chi connectivity index (χ1) is 9.42. The van der Waals surface area contributed by atoms with Gasteiger partial charge in [0.15, 0.2) is 6.10 Å². The number of aliphatic carboxylic acids is 1. The number of amides is 3. The summed E-state index contributed by atoms with van der Waals surface area (Å²) in [5.74, 6) is -1.54. The lowest BCUT2D eigenvalue weighted by Gasteiger charge is -2.16. The molecule has 0 bridgehead atoms. The van der Waals surface area contributed by atoms with Crippen LogP contribution in [0.3, 0.4) is 0 Å². The van der Waals surface area contributed by atoms with Crippen molar-refractivity contribution in [3.63, 3.8) is 0 Å². The van der Waals surface area contributed by atoms with Crippen molar-refractivity contribution in [2.75, 3.05) is 33.9 Å². The van der Waals surface area contributed by atoms with E-state index in [1.807, 2.05) is 0 Å². The summed E-state index contributed by atoms with van der Waals surface area (Å²) in [5.41, 5.74) is 0. The molecule has 0 aromatic rings. The maximum atomic E-state index is 11.5. The molecular formula is C11H21N3O6. The lowest BCUT2D eigenvalue weighted by atomic mass is 10.3. The summed E-state index contributed by atoms with van der Waals surface area (Å²) in [6, 6.07) is -1.40. The standard InChI is InChI=1S/C11H21N3O6/c1-7(9(15)12-4-5-19-2)14-11(18)13-6-8(20-3)10(16)17/h7-8H,4-6H2,1-3H3,(H,12,15)(H,16,17)(H2,13,14,18). The molecule has 116 valence electrons. The minimum absolute atomic E-state index is 0.199. The third-order valence-electron chi connectivity index (χ3n) is 2.35. The predicted molar refractivity (Wildman–Crippen MR) is 69.3 cm³/mol. The number of nitrogens with one attached hydrogen (secondary N) is 3. The Balaban J connectivity index is 4.00. The summed E-state index contributed by atoms with van der Waals surface area (Å²) in [7, 11) is 2.74. The second kappa shape index (κ2) is 9.98. The largest absolute Gasteiger partial charge is 0.479 e. The molecule has 4 N–H and O–H groups in total. The molecule has 20 heavy (non-hydrogen) atoms. The number of hydrogen-bond acceptors (Lipinski definition) is 5. The first-order valence-electron chi connectivity index (χ1n) is 5.99. The van der Waals surface area contributed by atoms with Crippen LogP contribution >= 0.6 is 0 Å². The van der Waals surface area contributed by atoms with E-state index < -0.39 is 24.1 Å². The summed E-state index contributed by atoms with van der Waals surface area (Å²) in [6.07, 6.45) is -1.13. The highest BCUT2D eigenvalue weighted by molar-refractivity contribution is 5.86. The maximum Gasteiger partial charge on any atom is 0.334 e. The number of urea groups is 1. The van der Waals surface area contributed by atoms with Crippen LogP contribution in [0.4, 0.5) is 4.79 Å². The fourth-order valence-corrected chi connectivity index (χ4v) is 1.20. The Morgan fingerprint density at radius 3 is 2.35 bits per heavy atom. The van der Waals surface area contributed by atoms with Crippen LogP contribution in [0.25, 0.3) is 0 Å². The van der Waals surface area contributed by atoms with E-state index >= 15 is 0 Å². The molecule has 0 saturated carbocycles. The Hall–Kier alpha value is -1.87. The summed E-state index contributed by atoms with van der Waals surface area (Å²) in [6.45, 7) is 2.02. The zero-order chi connectivity index (χ0) is 15.5. The van der Waals surface area contributed by atoms with E-state index in [0.29, 0.717) is 13.2 Å². The fraction of sp³-hybridized carbons (Fsp3) is 0.727. The molecule has 0 saturated heterocycles. The molecule has 9 heteroatoms. The number of hydrogen-bond donors (Lipinski definition) is 4. The third kappa shape index (κ3) is 7.54. The minimum Gasteiger partial charge on any atom is -0.479 e. The first kappa shape index (κ1) is 18.1. The number of rotatable bonds is 9. The zero-order valence-corrected chi connectivity index (χ0v) is 11.8. The molecule has 0 radical (unpaired) electrons. The van der Waals surface area contributed by atoms with Crippen molar-refractivity contribution >= 4 is 17.9 Å². The van der Waals surface area contributed by atoms with Crippen molar-refractivity contribution < 1.29 is 29.0 Å². The highest BCUT2D eigenvalue weighted by Gasteiger charge is 2.19. The van der Waals surface area contributed by atoms with E-state index in [0.717, 1.165) is 0 Å². The van der Waals surface area contributed by atoms with Crippen LogP contribution < -0.4 is 16.0 Å². The van der Waals surface area contributed by atoms with Gasteiger partial charge in [-0.15, -0.1) is 0 Å². The smallest absolute Gasteiger partial charge is 0.334 e. The molecule has 0 aliphatic carbocycles. The summed E-state index contributed by atoms with van der Waals surface area (Å²) in [4.78, 5) is 33.6. The fourth-order valence-electron chi connectivity index (χ4n) is 1.20. The van der Waals surface area contributed by atoms with Crippen molar-refractivity contribution in [3.8, 4) is 0 Å². The molecule has 0 aromatic heterocycles. The van der Waals surface area contributed by atoms with Gasteiger partial charge < -0.3 is 30.5 Å². The monoisotopic (exact) mass is 291 g/mol. The molecule has 0 heterocycles. The van der Waals surface area contributed by atoms with Gasteiger partial charge in [-0.1, -0.05) is 0 Å². The van der Waals surface area contributed by atoms with Crippen molar-refractivity contribution in [1.29, 1.82) is 0 Å². The molecule has 0 spiro atoms. The summed E-state index contributed by atoms with van der Waals surface area (Å²) < 4.78 is 9.41. The lowest BCUT2D eigenvalue weighted by Crippen LogP contribution is -2.50. The maximum absolute atomic E-state index is 11.5. The average Bonchev–Trinajstić information content (AvgIpc) is 2.39. The Kier molecular flexibility index (Phi) is 9.05. The van der Waals surface area contributed by atoms with Crippen molar-refractivity contribution in [1.82, 2.24) is 16.0 Å². The van der Waals surface area contributed by atoms with Crippen LogP contribution in [0, 0.1) is 0 Å². The predicted octanol–water partition coefficient (Wildman–Crippen LogP) is -1.46. The second-order valence-corrected chi connectivity index (χ2v) is 3.92. The molecule has 0 aliphatic heterocycles. The van der Waals surface area contributed by atoms with Crippen LogP contribution in [-0.4, -0.2) is 69.1 Å². The average molecular weight is 291 g/mol. The SMILES string of the molecule is COCCNC(=O)C(C)NC(=O)NCC(OC)C(=O)O. The quantitative estimate of drug-likeness (QED) is 0.384. The van der Waals surface area contributed by atoms with Gasteiger partial charge >= 0.3 is 12.0 Å². The van der Waals surface area contributed by atoms with Gasteiger partial charge in [-0.25, -0.2) is 9.59 Å². The molecule has 0 aliphatic rings. The molecule has 0 aromatic carbocycles. The Labute approximate surface area is 117 Å². The first-order valence-corrected chi connectivity index (χ1v) is 5.99. The lowest BCUT2D eigenvalue weighted by molar-refractivity contribution is -0.148. The third-order valence-corrected chi connectivity index (χ3v) is 2.35. The van der Waals surface area contributed by atoms with Gasteiger partial charge in [0.05, 0.1) is 13.2 Å². The minimum atomic E-state index is -1.18. The van der Waals surface area contributed by atoms with Crippen molar-refractivity contribution in [2.24, 2.45) is 0 Å². The van der Waals surface area contributed by atoms with E-state index in [1.165, 1.54) is 21.1 Å². The van der Waals surface area contributed by atoms with Gasteiger partial charge in [-0.2, -0.15) is 0 Å². The number of carbonyl (C=O) groups is 3. The van der Waals surface area contributed by atoms with Crippen molar-refractivity contribution in [2.45, 2.75) is 19.1 Å². The van der Waals surface area contributed by atoms with Crippen LogP contribution in [0.1, 0.15) is 6.92 Å². The van der Waals surface area contributed by atoms with E-state index in [2.05, 4.69) is 20.7 Å². The summed E-state index contributed by atoms with van der Waals surface area (Å²) >= 11 is 0. The molecular weight excluding hydrogens is 270 g/mol. The van der Waals surface area contributed by atoms with E-state index in [4.69, 9.17) is 9.84 Å². The van der Waals surface area contributed by atoms with E-state index in [1.54, 1.807) is 0 Å². The van der Waals surface area contributed by atoms with E-state index in [-0.39, 0.29) is 12.5 Å². The molecule has 0 fully saturated rings. The van der Waals surface area contributed by atoms with Gasteiger partial charge in [0.25, 0.3) is 0 Å². The van der Waals surface area contributed by atoms with Crippen molar-refractivity contribution in [3.05, 3.63) is 0 Å². The molecule has 2 atom stereocenters. The van der Waals surface area contributed by atoms with Gasteiger partial charge in [-0.05, 0) is 6.92 Å². The Bertz CT molecular complexity index is 336. The summed E-state index contributed by atoms with van der Waals surface area (Å²) in [5, 5.41) is 15.9. The molecule has 9 nitrogen and oxygen atoms in total. The number of carbonyl (C=O) groups excluding carboxylic acids is 2. The number of ether oxygens (including phenoxy) is 2. The normalized spacial score (nSPS) is 13.2. The van der Waals surface area contributed by atoms with Gasteiger partial charge in [0, 0.05) is 20.8 Å². The van der Waals surface area contributed by atoms with E-state index in [9.17, 15) is 14.4 Å².